The number of hydrogen-bond donors (Lipinski definition) is 1. The van der Waals surface area contributed by atoms with Crippen molar-refractivity contribution in [2.45, 2.75) is 45.4 Å². The van der Waals surface area contributed by atoms with Gasteiger partial charge < -0.3 is 10.1 Å². The molecule has 2 rings (SSSR count). The van der Waals surface area contributed by atoms with Gasteiger partial charge in [0.05, 0.1) is 12.2 Å². The van der Waals surface area contributed by atoms with Crippen LogP contribution >= 0.6 is 0 Å². The number of benzene rings is 1. The molecule has 1 aliphatic rings. The zero-order valence-electron chi connectivity index (χ0n) is 11.3. The number of halogens is 1. The third-order valence-corrected chi connectivity index (χ3v) is 3.37. The number of rotatable bonds is 3. The number of ether oxygens (including phenoxy) is 1. The van der Waals surface area contributed by atoms with Gasteiger partial charge in [-0.15, -0.1) is 0 Å². The number of hydrogen-bond acceptors (Lipinski definition) is 2. The summed E-state index contributed by atoms with van der Waals surface area (Å²) in [6.07, 6.45) is 1.19. The maximum atomic E-state index is 13.3. The van der Waals surface area contributed by atoms with Crippen LogP contribution < -0.4 is 5.32 Å². The van der Waals surface area contributed by atoms with Gasteiger partial charge in [0.1, 0.15) is 5.82 Å². The Hall–Kier alpha value is -0.930. The molecule has 3 unspecified atom stereocenters. The smallest absolute Gasteiger partial charge is 0.123 e. The third kappa shape index (κ3) is 3.30. The molecule has 2 nitrogen and oxygen atoms in total. The van der Waals surface area contributed by atoms with Crippen molar-refractivity contribution in [1.29, 1.82) is 0 Å². The van der Waals surface area contributed by atoms with Crippen molar-refractivity contribution in [3.63, 3.8) is 0 Å². The molecule has 100 valence electrons. The van der Waals surface area contributed by atoms with Crippen molar-refractivity contribution >= 4 is 0 Å². The van der Waals surface area contributed by atoms with E-state index < -0.39 is 0 Å². The molecule has 1 fully saturated rings. The van der Waals surface area contributed by atoms with Gasteiger partial charge in [-0.05, 0) is 37.0 Å². The zero-order valence-corrected chi connectivity index (χ0v) is 11.3. The molecular weight excluding hydrogens is 229 g/mol. The summed E-state index contributed by atoms with van der Waals surface area (Å²) in [6, 6.07) is 6.93. The van der Waals surface area contributed by atoms with Crippen LogP contribution in [0, 0.1) is 11.7 Å². The second kappa shape index (κ2) is 5.81. The van der Waals surface area contributed by atoms with Gasteiger partial charge in [-0.25, -0.2) is 4.39 Å². The first-order valence-electron chi connectivity index (χ1n) is 6.70. The highest BCUT2D eigenvalue weighted by molar-refractivity contribution is 5.20. The maximum absolute atomic E-state index is 13.3. The molecule has 0 radical (unpaired) electrons. The molecule has 1 aromatic carbocycles. The van der Waals surface area contributed by atoms with Gasteiger partial charge in [-0.3, -0.25) is 0 Å². The van der Waals surface area contributed by atoms with Crippen molar-refractivity contribution in [2.24, 2.45) is 5.92 Å². The van der Waals surface area contributed by atoms with Crippen molar-refractivity contribution in [1.82, 2.24) is 5.32 Å². The monoisotopic (exact) mass is 251 g/mol. The minimum absolute atomic E-state index is 0.0572. The summed E-state index contributed by atoms with van der Waals surface area (Å²) in [4.78, 5) is 0. The van der Waals surface area contributed by atoms with Crippen LogP contribution in [0.3, 0.4) is 0 Å². The van der Waals surface area contributed by atoms with E-state index >= 15 is 0 Å². The van der Waals surface area contributed by atoms with Gasteiger partial charge in [0.2, 0.25) is 0 Å². The summed E-state index contributed by atoms with van der Waals surface area (Å²) < 4.78 is 19.4. The van der Waals surface area contributed by atoms with Crippen LogP contribution in [0.1, 0.15) is 38.9 Å². The Balaban J connectivity index is 2.10. The molecule has 0 amide bonds. The highest BCUT2D eigenvalue weighted by Crippen LogP contribution is 2.28. The Morgan fingerprint density at radius 2 is 2.22 bits per heavy atom. The highest BCUT2D eigenvalue weighted by atomic mass is 19.1. The molecule has 0 spiro atoms. The fourth-order valence-corrected chi connectivity index (χ4v) is 2.51. The molecule has 18 heavy (non-hydrogen) atoms. The number of nitrogens with one attached hydrogen (secondary N) is 1. The Bertz CT molecular complexity index is 394. The molecule has 0 aliphatic carbocycles. The zero-order chi connectivity index (χ0) is 13.1. The summed E-state index contributed by atoms with van der Waals surface area (Å²) in [6.45, 7) is 7.35. The van der Waals surface area contributed by atoms with E-state index in [2.05, 4.69) is 26.1 Å². The first kappa shape index (κ1) is 13.5. The molecule has 1 N–H and O–H groups in total. The van der Waals surface area contributed by atoms with E-state index in [-0.39, 0.29) is 24.1 Å². The average molecular weight is 251 g/mol. The average Bonchev–Trinajstić information content (AvgIpc) is 2.31. The topological polar surface area (TPSA) is 21.3 Å². The van der Waals surface area contributed by atoms with E-state index in [1.165, 1.54) is 6.07 Å². The molecule has 1 aliphatic heterocycles. The van der Waals surface area contributed by atoms with Crippen LogP contribution in [0.4, 0.5) is 4.39 Å². The fraction of sp³-hybridized carbons (Fsp3) is 0.600. The summed E-state index contributed by atoms with van der Waals surface area (Å²) in [5.74, 6) is 0.410. The summed E-state index contributed by atoms with van der Waals surface area (Å²) >= 11 is 0. The van der Waals surface area contributed by atoms with Crippen LogP contribution in [-0.2, 0) is 4.74 Å². The van der Waals surface area contributed by atoms with Crippen molar-refractivity contribution in [3.8, 4) is 0 Å². The van der Waals surface area contributed by atoms with E-state index in [4.69, 9.17) is 4.74 Å². The Kier molecular flexibility index (Phi) is 4.36. The molecule has 3 atom stereocenters. The van der Waals surface area contributed by atoms with Gasteiger partial charge in [0.15, 0.2) is 0 Å². The van der Waals surface area contributed by atoms with Crippen molar-refractivity contribution < 1.29 is 9.13 Å². The van der Waals surface area contributed by atoms with Gasteiger partial charge in [0, 0.05) is 12.6 Å². The number of morpholine rings is 1. The van der Waals surface area contributed by atoms with E-state index in [0.717, 1.165) is 18.5 Å². The lowest BCUT2D eigenvalue weighted by atomic mass is 9.98. The van der Waals surface area contributed by atoms with Gasteiger partial charge >= 0.3 is 0 Å². The first-order chi connectivity index (χ1) is 8.56. The normalized spacial score (nSPS) is 28.6. The van der Waals surface area contributed by atoms with Gasteiger partial charge in [0.25, 0.3) is 0 Å². The molecule has 1 heterocycles. The van der Waals surface area contributed by atoms with E-state index in [1.807, 2.05) is 6.07 Å². The molecular formula is C15H22FNO. The molecule has 0 bridgehead atoms. The van der Waals surface area contributed by atoms with E-state index in [1.54, 1.807) is 12.1 Å². The van der Waals surface area contributed by atoms with Crippen LogP contribution in [0.25, 0.3) is 0 Å². The highest BCUT2D eigenvalue weighted by Gasteiger charge is 2.29. The standard InChI is InChI=1S/C15H22FNO/c1-10(2)7-14-9-17-11(3)15(18-14)12-5-4-6-13(16)8-12/h4-6,8,10-11,14-15,17H,7,9H2,1-3H3. The van der Waals surface area contributed by atoms with Crippen molar-refractivity contribution in [2.75, 3.05) is 6.54 Å². The van der Waals surface area contributed by atoms with E-state index in [9.17, 15) is 4.39 Å². The predicted octanol–water partition coefficient (Wildman–Crippen LogP) is 3.29. The lowest BCUT2D eigenvalue weighted by Gasteiger charge is -2.37. The largest absolute Gasteiger partial charge is 0.367 e. The lowest BCUT2D eigenvalue weighted by Crippen LogP contribution is -2.47. The summed E-state index contributed by atoms with van der Waals surface area (Å²) in [5.41, 5.74) is 0.920. The quantitative estimate of drug-likeness (QED) is 0.890. The van der Waals surface area contributed by atoms with E-state index in [0.29, 0.717) is 5.92 Å². The minimum atomic E-state index is -0.200. The third-order valence-electron chi connectivity index (χ3n) is 3.37. The Morgan fingerprint density at radius 3 is 2.89 bits per heavy atom. The fourth-order valence-electron chi connectivity index (χ4n) is 2.51. The molecule has 1 saturated heterocycles. The van der Waals surface area contributed by atoms with Gasteiger partial charge in [-0.2, -0.15) is 0 Å². The Labute approximate surface area is 109 Å². The molecule has 0 aromatic heterocycles. The minimum Gasteiger partial charge on any atom is -0.367 e. The molecule has 3 heteroatoms. The maximum Gasteiger partial charge on any atom is 0.123 e. The van der Waals surface area contributed by atoms with Crippen LogP contribution in [0.15, 0.2) is 24.3 Å². The summed E-state index contributed by atoms with van der Waals surface area (Å²) in [7, 11) is 0. The first-order valence-corrected chi connectivity index (χ1v) is 6.70. The van der Waals surface area contributed by atoms with Crippen LogP contribution in [-0.4, -0.2) is 18.7 Å². The summed E-state index contributed by atoms with van der Waals surface area (Å²) in [5, 5.41) is 3.46. The SMILES string of the molecule is CC(C)CC1CNC(C)C(c2cccc(F)c2)O1. The van der Waals surface area contributed by atoms with Crippen LogP contribution in [0.5, 0.6) is 0 Å². The second-order valence-electron chi connectivity index (χ2n) is 5.56. The lowest BCUT2D eigenvalue weighted by molar-refractivity contribution is -0.0688. The van der Waals surface area contributed by atoms with Crippen molar-refractivity contribution in [3.05, 3.63) is 35.6 Å². The van der Waals surface area contributed by atoms with Crippen LogP contribution in [0.2, 0.25) is 0 Å². The molecule has 0 saturated carbocycles. The van der Waals surface area contributed by atoms with Gasteiger partial charge in [-0.1, -0.05) is 26.0 Å². The predicted molar refractivity (Wildman–Crippen MR) is 70.9 cm³/mol. The molecule has 1 aromatic rings. The Morgan fingerprint density at radius 1 is 1.44 bits per heavy atom. The second-order valence-corrected chi connectivity index (χ2v) is 5.56.